The molecule has 0 aliphatic rings. The number of benzene rings is 3. The van der Waals surface area contributed by atoms with E-state index in [1.807, 2.05) is 101 Å². The third-order valence-electron chi connectivity index (χ3n) is 7.30. The number of rotatable bonds is 13. The first-order valence-corrected chi connectivity index (χ1v) is 16.0. The van der Waals surface area contributed by atoms with Gasteiger partial charge in [-0.15, -0.1) is 0 Å². The predicted octanol–water partition coefficient (Wildman–Crippen LogP) is 5.32. The van der Waals surface area contributed by atoms with Crippen LogP contribution in [0.5, 0.6) is 0 Å². The molecule has 3 rings (SSSR count). The van der Waals surface area contributed by atoms with E-state index in [9.17, 15) is 18.0 Å². The Bertz CT molecular complexity index is 1440. The Kier molecular flexibility index (Phi) is 11.1. The molecule has 2 amide bonds. The van der Waals surface area contributed by atoms with Crippen LogP contribution in [0.1, 0.15) is 54.5 Å². The molecule has 0 radical (unpaired) electrons. The molecule has 0 aliphatic carbocycles. The highest BCUT2D eigenvalue weighted by atomic mass is 32.2. The largest absolute Gasteiger partial charge is 0.352 e. The summed E-state index contributed by atoms with van der Waals surface area (Å²) in [7, 11) is -3.57. The van der Waals surface area contributed by atoms with E-state index in [4.69, 9.17) is 0 Å². The summed E-state index contributed by atoms with van der Waals surface area (Å²) in [5.41, 5.74) is 5.46. The van der Waals surface area contributed by atoms with Crippen LogP contribution in [0.3, 0.4) is 0 Å². The van der Waals surface area contributed by atoms with E-state index in [0.29, 0.717) is 18.5 Å². The van der Waals surface area contributed by atoms with Crippen LogP contribution in [0.25, 0.3) is 0 Å². The van der Waals surface area contributed by atoms with Gasteiger partial charge in [-0.05, 0) is 74.9 Å². The number of nitrogens with one attached hydrogen (secondary N) is 1. The van der Waals surface area contributed by atoms with Crippen molar-refractivity contribution in [1.82, 2.24) is 10.2 Å². The smallest absolute Gasteiger partial charge is 0.243 e. The molecule has 220 valence electrons. The summed E-state index contributed by atoms with van der Waals surface area (Å²) in [5.74, 6) is -0.401. The van der Waals surface area contributed by atoms with Gasteiger partial charge in [-0.1, -0.05) is 66.7 Å². The molecule has 8 heteroatoms. The summed E-state index contributed by atoms with van der Waals surface area (Å²) in [6.45, 7) is 10.1. The van der Waals surface area contributed by atoms with Gasteiger partial charge in [-0.3, -0.25) is 13.9 Å². The number of hydrogen-bond donors (Lipinski definition) is 1. The first-order chi connectivity index (χ1) is 19.4. The lowest BCUT2D eigenvalue weighted by Crippen LogP contribution is -2.52. The number of anilines is 1. The molecule has 0 saturated heterocycles. The molecular formula is C33H43N3O4S. The lowest BCUT2D eigenvalue weighted by Gasteiger charge is -2.33. The van der Waals surface area contributed by atoms with Gasteiger partial charge in [0.25, 0.3) is 0 Å². The maximum atomic E-state index is 13.9. The monoisotopic (exact) mass is 577 g/mol. The van der Waals surface area contributed by atoms with Gasteiger partial charge < -0.3 is 10.2 Å². The van der Waals surface area contributed by atoms with Gasteiger partial charge in [0.05, 0.1) is 11.9 Å². The minimum Gasteiger partial charge on any atom is -0.352 e. The number of sulfonamides is 1. The summed E-state index contributed by atoms with van der Waals surface area (Å²) in [6, 6.07) is 22.3. The number of aryl methyl sites for hydroxylation is 2. The number of hydrogen-bond acceptors (Lipinski definition) is 4. The minimum atomic E-state index is -3.57. The lowest BCUT2D eigenvalue weighted by atomic mass is 10.0. The normalized spacial score (nSPS) is 12.2. The first kappa shape index (κ1) is 31.9. The van der Waals surface area contributed by atoms with E-state index in [1.54, 1.807) is 11.0 Å². The van der Waals surface area contributed by atoms with Gasteiger partial charge in [0.1, 0.15) is 6.04 Å². The molecule has 0 spiro atoms. The summed E-state index contributed by atoms with van der Waals surface area (Å²) >= 11 is 0. The summed E-state index contributed by atoms with van der Waals surface area (Å²) in [6.07, 6.45) is 1.97. The predicted molar refractivity (Wildman–Crippen MR) is 166 cm³/mol. The van der Waals surface area contributed by atoms with Crippen molar-refractivity contribution in [3.05, 3.63) is 101 Å². The number of carbonyl (C=O) groups excluding carboxylic acids is 2. The van der Waals surface area contributed by atoms with E-state index >= 15 is 0 Å². The molecule has 0 fully saturated rings. The van der Waals surface area contributed by atoms with E-state index in [-0.39, 0.29) is 37.4 Å². The molecular weight excluding hydrogens is 534 g/mol. The zero-order valence-electron chi connectivity index (χ0n) is 25.1. The number of amides is 2. The maximum absolute atomic E-state index is 13.9. The van der Waals surface area contributed by atoms with Gasteiger partial charge in [0, 0.05) is 32.0 Å². The minimum absolute atomic E-state index is 0.0860. The molecule has 1 unspecified atom stereocenters. The van der Waals surface area contributed by atoms with Gasteiger partial charge in [-0.2, -0.15) is 0 Å². The van der Waals surface area contributed by atoms with Crippen LogP contribution in [0.2, 0.25) is 0 Å². The molecule has 1 N–H and O–H groups in total. The fourth-order valence-electron chi connectivity index (χ4n) is 4.89. The fourth-order valence-corrected chi connectivity index (χ4v) is 5.91. The topological polar surface area (TPSA) is 86.8 Å². The van der Waals surface area contributed by atoms with Gasteiger partial charge in [0.2, 0.25) is 21.8 Å². The zero-order chi connectivity index (χ0) is 30.2. The van der Waals surface area contributed by atoms with Crippen molar-refractivity contribution in [1.29, 1.82) is 0 Å². The first-order valence-electron chi connectivity index (χ1n) is 14.1. The van der Waals surface area contributed by atoms with Crippen molar-refractivity contribution in [3.8, 4) is 0 Å². The molecule has 0 aliphatic heterocycles. The average molecular weight is 578 g/mol. The quantitative estimate of drug-likeness (QED) is 0.298. The van der Waals surface area contributed by atoms with Crippen LogP contribution in [0.4, 0.5) is 5.69 Å². The highest BCUT2D eigenvalue weighted by Crippen LogP contribution is 2.26. The maximum Gasteiger partial charge on any atom is 0.243 e. The molecule has 0 bridgehead atoms. The molecule has 3 aromatic rings. The van der Waals surface area contributed by atoms with Crippen LogP contribution in [0, 0.1) is 20.8 Å². The second-order valence-corrected chi connectivity index (χ2v) is 12.9. The molecule has 7 nitrogen and oxygen atoms in total. The van der Waals surface area contributed by atoms with E-state index in [1.165, 1.54) is 10.6 Å². The standard InChI is InChI=1S/C33H43N3O4S/c1-24(2)34-33(38)31(22-28-16-8-7-9-17-28)35(23-29-18-11-10-14-26(29)4)32(37)20-13-21-36(41(6,39)40)30-19-12-15-25(3)27(30)5/h7-12,14-19,24,31H,13,20-23H2,1-6H3,(H,34,38). The summed E-state index contributed by atoms with van der Waals surface area (Å²) < 4.78 is 26.9. The van der Waals surface area contributed by atoms with Crippen LogP contribution >= 0.6 is 0 Å². The fraction of sp³-hybridized carbons (Fsp3) is 0.394. The van der Waals surface area contributed by atoms with Crippen LogP contribution in [-0.4, -0.2) is 50.0 Å². The Morgan fingerprint density at radius 1 is 0.854 bits per heavy atom. The molecule has 1 atom stereocenters. The Hall–Kier alpha value is -3.65. The van der Waals surface area contributed by atoms with Gasteiger partial charge in [0.15, 0.2) is 0 Å². The average Bonchev–Trinajstić information content (AvgIpc) is 2.91. The number of carbonyl (C=O) groups is 2. The second-order valence-electron chi connectivity index (χ2n) is 11.0. The summed E-state index contributed by atoms with van der Waals surface area (Å²) in [4.78, 5) is 29.2. The third kappa shape index (κ3) is 8.92. The van der Waals surface area contributed by atoms with Crippen molar-refractivity contribution in [2.24, 2.45) is 0 Å². The molecule has 41 heavy (non-hydrogen) atoms. The van der Waals surface area contributed by atoms with Crippen molar-refractivity contribution < 1.29 is 18.0 Å². The zero-order valence-corrected chi connectivity index (χ0v) is 25.9. The molecule has 0 heterocycles. The Balaban J connectivity index is 1.91. The lowest BCUT2D eigenvalue weighted by molar-refractivity contribution is -0.141. The van der Waals surface area contributed by atoms with E-state index in [0.717, 1.165) is 27.8 Å². The van der Waals surface area contributed by atoms with Crippen LogP contribution < -0.4 is 9.62 Å². The highest BCUT2D eigenvalue weighted by molar-refractivity contribution is 7.92. The second kappa shape index (κ2) is 14.3. The Labute approximate surface area is 245 Å². The van der Waals surface area contributed by atoms with E-state index in [2.05, 4.69) is 5.32 Å². The SMILES string of the molecule is Cc1ccccc1CN(C(=O)CCCN(c1cccc(C)c1C)S(C)(=O)=O)C(Cc1ccccc1)C(=O)NC(C)C. The van der Waals surface area contributed by atoms with Crippen LogP contribution in [-0.2, 0) is 32.6 Å². The highest BCUT2D eigenvalue weighted by Gasteiger charge is 2.31. The van der Waals surface area contributed by atoms with Crippen LogP contribution in [0.15, 0.2) is 72.8 Å². The molecule has 0 aromatic heterocycles. The third-order valence-corrected chi connectivity index (χ3v) is 8.48. The van der Waals surface area contributed by atoms with Crippen molar-refractivity contribution in [2.45, 2.75) is 72.5 Å². The van der Waals surface area contributed by atoms with Gasteiger partial charge in [-0.25, -0.2) is 8.42 Å². The van der Waals surface area contributed by atoms with Crippen molar-refractivity contribution in [2.75, 3.05) is 17.1 Å². The summed E-state index contributed by atoms with van der Waals surface area (Å²) in [5, 5.41) is 3.01. The number of nitrogens with zero attached hydrogens (tertiary/aromatic N) is 2. The van der Waals surface area contributed by atoms with Gasteiger partial charge >= 0.3 is 0 Å². The van der Waals surface area contributed by atoms with E-state index < -0.39 is 16.1 Å². The van der Waals surface area contributed by atoms with Crippen molar-refractivity contribution >= 4 is 27.5 Å². The van der Waals surface area contributed by atoms with Crippen molar-refractivity contribution in [3.63, 3.8) is 0 Å². The molecule has 0 saturated carbocycles. The molecule has 3 aromatic carbocycles. The Morgan fingerprint density at radius 2 is 1.49 bits per heavy atom. The Morgan fingerprint density at radius 3 is 2.12 bits per heavy atom.